The van der Waals surface area contributed by atoms with Crippen LogP contribution in [0.5, 0.6) is 0 Å². The van der Waals surface area contributed by atoms with E-state index < -0.39 is 20.9 Å². The third-order valence-electron chi connectivity index (χ3n) is 3.05. The SMILES string of the molecule is O=S(=O)(c1ncccc1F)N1CCCC(CO)C1. The number of piperidine rings is 1. The van der Waals surface area contributed by atoms with Gasteiger partial charge in [0.05, 0.1) is 0 Å². The first kappa shape index (κ1) is 13.4. The predicted molar refractivity (Wildman–Crippen MR) is 62.8 cm³/mol. The first-order valence-electron chi connectivity index (χ1n) is 5.77. The summed E-state index contributed by atoms with van der Waals surface area (Å²) in [5.74, 6) is -0.927. The van der Waals surface area contributed by atoms with E-state index in [2.05, 4.69) is 4.98 Å². The van der Waals surface area contributed by atoms with Gasteiger partial charge in [-0.15, -0.1) is 0 Å². The van der Waals surface area contributed by atoms with Crippen LogP contribution in [0.3, 0.4) is 0 Å². The second-order valence-corrected chi connectivity index (χ2v) is 6.20. The molecule has 18 heavy (non-hydrogen) atoms. The Morgan fingerprint density at radius 1 is 1.56 bits per heavy atom. The van der Waals surface area contributed by atoms with E-state index in [4.69, 9.17) is 5.11 Å². The Labute approximate surface area is 105 Å². The van der Waals surface area contributed by atoms with Gasteiger partial charge >= 0.3 is 0 Å². The van der Waals surface area contributed by atoms with E-state index in [1.54, 1.807) is 0 Å². The molecule has 0 amide bonds. The van der Waals surface area contributed by atoms with Gasteiger partial charge in [-0.25, -0.2) is 17.8 Å². The highest BCUT2D eigenvalue weighted by Gasteiger charge is 2.32. The Morgan fingerprint density at radius 3 is 3.00 bits per heavy atom. The molecule has 0 saturated carbocycles. The quantitative estimate of drug-likeness (QED) is 0.877. The van der Waals surface area contributed by atoms with Gasteiger partial charge in [-0.05, 0) is 30.9 Å². The summed E-state index contributed by atoms with van der Waals surface area (Å²) in [4.78, 5) is 3.61. The second-order valence-electron chi connectivity index (χ2n) is 4.34. The minimum atomic E-state index is -3.90. The highest BCUT2D eigenvalue weighted by atomic mass is 32.2. The average Bonchev–Trinajstić information content (AvgIpc) is 2.39. The Bertz CT molecular complexity index is 521. The zero-order valence-corrected chi connectivity index (χ0v) is 10.6. The number of nitrogens with zero attached hydrogens (tertiary/aromatic N) is 2. The maximum absolute atomic E-state index is 13.5. The topological polar surface area (TPSA) is 70.5 Å². The van der Waals surface area contributed by atoms with Gasteiger partial charge in [-0.2, -0.15) is 4.31 Å². The Hall–Kier alpha value is -1.05. The van der Waals surface area contributed by atoms with Crippen LogP contribution in [0.2, 0.25) is 0 Å². The number of hydrogen-bond donors (Lipinski definition) is 1. The molecule has 0 radical (unpaired) electrons. The molecular formula is C11H15FN2O3S. The van der Waals surface area contributed by atoms with Gasteiger partial charge in [0.25, 0.3) is 10.0 Å². The van der Waals surface area contributed by atoms with Crippen molar-refractivity contribution in [3.63, 3.8) is 0 Å². The fourth-order valence-corrected chi connectivity index (χ4v) is 3.61. The highest BCUT2D eigenvalue weighted by molar-refractivity contribution is 7.89. The lowest BCUT2D eigenvalue weighted by Gasteiger charge is -2.30. The molecule has 1 N–H and O–H groups in total. The van der Waals surface area contributed by atoms with Crippen molar-refractivity contribution in [3.05, 3.63) is 24.1 Å². The fraction of sp³-hybridized carbons (Fsp3) is 0.545. The summed E-state index contributed by atoms with van der Waals surface area (Å²) < 4.78 is 39.1. The maximum Gasteiger partial charge on any atom is 0.263 e. The molecule has 5 nitrogen and oxygen atoms in total. The molecule has 1 aromatic rings. The monoisotopic (exact) mass is 274 g/mol. The predicted octanol–water partition coefficient (Wildman–Crippen LogP) is 0.614. The summed E-state index contributed by atoms with van der Waals surface area (Å²) >= 11 is 0. The minimum Gasteiger partial charge on any atom is -0.396 e. The number of sulfonamides is 1. The van der Waals surface area contributed by atoms with Crippen molar-refractivity contribution in [1.29, 1.82) is 0 Å². The van der Waals surface area contributed by atoms with E-state index >= 15 is 0 Å². The van der Waals surface area contributed by atoms with Gasteiger partial charge in [-0.3, -0.25) is 0 Å². The molecule has 0 aliphatic carbocycles. The lowest BCUT2D eigenvalue weighted by atomic mass is 10.0. The maximum atomic E-state index is 13.5. The Morgan fingerprint density at radius 2 is 2.33 bits per heavy atom. The van der Waals surface area contributed by atoms with Crippen LogP contribution in [0.15, 0.2) is 23.4 Å². The largest absolute Gasteiger partial charge is 0.396 e. The second kappa shape index (κ2) is 5.29. The van der Waals surface area contributed by atoms with Gasteiger partial charge < -0.3 is 5.11 Å². The summed E-state index contributed by atoms with van der Waals surface area (Å²) in [6.45, 7) is 0.500. The molecule has 1 fully saturated rings. The van der Waals surface area contributed by atoms with Crippen molar-refractivity contribution >= 4 is 10.0 Å². The van der Waals surface area contributed by atoms with Crippen molar-refractivity contribution in [3.8, 4) is 0 Å². The summed E-state index contributed by atoms with van der Waals surface area (Å²) in [6, 6.07) is 2.43. The van der Waals surface area contributed by atoms with E-state index in [0.29, 0.717) is 13.0 Å². The number of pyridine rings is 1. The minimum absolute atomic E-state index is 0.0588. The number of aliphatic hydroxyl groups excluding tert-OH is 1. The van der Waals surface area contributed by atoms with Crippen LogP contribution in [0, 0.1) is 11.7 Å². The highest BCUT2D eigenvalue weighted by Crippen LogP contribution is 2.23. The fourth-order valence-electron chi connectivity index (χ4n) is 2.08. The van der Waals surface area contributed by atoms with Crippen LogP contribution < -0.4 is 0 Å². The first-order valence-corrected chi connectivity index (χ1v) is 7.21. The number of halogens is 1. The molecule has 1 atom stereocenters. The molecule has 1 saturated heterocycles. The van der Waals surface area contributed by atoms with Crippen molar-refractivity contribution in [2.75, 3.05) is 19.7 Å². The molecule has 7 heteroatoms. The van der Waals surface area contributed by atoms with Crippen LogP contribution in [0.1, 0.15) is 12.8 Å². The van der Waals surface area contributed by atoms with Gasteiger partial charge in [-0.1, -0.05) is 0 Å². The first-order chi connectivity index (χ1) is 8.55. The molecule has 1 aliphatic heterocycles. The standard InChI is InChI=1S/C11H15FN2O3S/c12-10-4-1-5-13-11(10)18(16,17)14-6-2-3-9(7-14)8-15/h1,4-5,9,15H,2-3,6-8H2. The van der Waals surface area contributed by atoms with Crippen LogP contribution in [-0.2, 0) is 10.0 Å². The normalized spacial score (nSPS) is 22.0. The Balaban J connectivity index is 2.29. The number of aromatic nitrogens is 1. The third kappa shape index (κ3) is 2.52. The van der Waals surface area contributed by atoms with Crippen LogP contribution in [-0.4, -0.2) is 42.5 Å². The molecule has 0 spiro atoms. The van der Waals surface area contributed by atoms with Gasteiger partial charge in [0, 0.05) is 25.9 Å². The van der Waals surface area contributed by atoms with Gasteiger partial charge in [0.15, 0.2) is 5.82 Å². The average molecular weight is 274 g/mol. The van der Waals surface area contributed by atoms with E-state index in [0.717, 1.165) is 12.5 Å². The van der Waals surface area contributed by atoms with Gasteiger partial charge in [0.1, 0.15) is 0 Å². The lowest BCUT2D eigenvalue weighted by molar-refractivity contribution is 0.165. The van der Waals surface area contributed by atoms with E-state index in [1.807, 2.05) is 0 Å². The van der Waals surface area contributed by atoms with Crippen molar-refractivity contribution in [1.82, 2.24) is 9.29 Å². The van der Waals surface area contributed by atoms with E-state index in [1.165, 1.54) is 16.6 Å². The van der Waals surface area contributed by atoms with Crippen LogP contribution >= 0.6 is 0 Å². The molecule has 2 heterocycles. The molecule has 0 aromatic carbocycles. The molecule has 1 unspecified atom stereocenters. The number of aliphatic hydroxyl groups is 1. The van der Waals surface area contributed by atoms with E-state index in [-0.39, 0.29) is 19.1 Å². The molecule has 0 bridgehead atoms. The summed E-state index contributed by atoms with van der Waals surface area (Å²) in [5.41, 5.74) is 0. The third-order valence-corrected chi connectivity index (χ3v) is 4.85. The molecule has 2 rings (SSSR count). The molecule has 1 aliphatic rings. The van der Waals surface area contributed by atoms with Crippen molar-refractivity contribution in [2.24, 2.45) is 5.92 Å². The summed E-state index contributed by atoms with van der Waals surface area (Å²) in [6.07, 6.45) is 2.70. The molecule has 100 valence electrons. The smallest absolute Gasteiger partial charge is 0.263 e. The molecule has 1 aromatic heterocycles. The van der Waals surface area contributed by atoms with Crippen molar-refractivity contribution in [2.45, 2.75) is 17.9 Å². The van der Waals surface area contributed by atoms with Gasteiger partial charge in [0.2, 0.25) is 5.03 Å². The lowest BCUT2D eigenvalue weighted by Crippen LogP contribution is -2.41. The van der Waals surface area contributed by atoms with Crippen molar-refractivity contribution < 1.29 is 17.9 Å². The summed E-state index contributed by atoms with van der Waals surface area (Å²) in [5, 5.41) is 8.55. The zero-order valence-electron chi connectivity index (χ0n) is 9.79. The molecular weight excluding hydrogens is 259 g/mol. The summed E-state index contributed by atoms with van der Waals surface area (Å²) in [7, 11) is -3.90. The van der Waals surface area contributed by atoms with E-state index in [9.17, 15) is 12.8 Å². The number of rotatable bonds is 3. The Kier molecular flexibility index (Phi) is 3.94. The van der Waals surface area contributed by atoms with Crippen LogP contribution in [0.4, 0.5) is 4.39 Å². The zero-order chi connectivity index (χ0) is 13.2. The number of hydrogen-bond acceptors (Lipinski definition) is 4. The van der Waals surface area contributed by atoms with Crippen LogP contribution in [0.25, 0.3) is 0 Å².